The van der Waals surface area contributed by atoms with Gasteiger partial charge in [-0.25, -0.2) is 4.39 Å². The van der Waals surface area contributed by atoms with Crippen LogP contribution in [0.3, 0.4) is 0 Å². The van der Waals surface area contributed by atoms with Gasteiger partial charge in [-0.05, 0) is 99.4 Å². The summed E-state index contributed by atoms with van der Waals surface area (Å²) in [5, 5.41) is 1.10. The number of nitrogens with zero attached hydrogens (tertiary/aromatic N) is 2. The van der Waals surface area contributed by atoms with Crippen molar-refractivity contribution in [3.8, 4) is 0 Å². The van der Waals surface area contributed by atoms with Gasteiger partial charge in [-0.1, -0.05) is 12.1 Å². The molecule has 0 radical (unpaired) electrons. The number of allylic oxidation sites excluding steroid dienone is 1. The third-order valence-electron chi connectivity index (χ3n) is 8.42. The molecule has 3 aromatic rings. The molecule has 0 bridgehead atoms. The minimum Gasteiger partial charge on any atom is -0.361 e. The molecule has 6 rings (SSSR count). The number of aromatic amines is 2. The van der Waals surface area contributed by atoms with E-state index >= 15 is 0 Å². The van der Waals surface area contributed by atoms with Gasteiger partial charge in [0.15, 0.2) is 0 Å². The lowest BCUT2D eigenvalue weighted by molar-refractivity contribution is 0.0712. The van der Waals surface area contributed by atoms with Crippen LogP contribution in [0.4, 0.5) is 4.39 Å². The summed E-state index contributed by atoms with van der Waals surface area (Å²) in [6.45, 7) is 6.17. The number of piperidine rings is 1. The Hall–Kier alpha value is -2.86. The summed E-state index contributed by atoms with van der Waals surface area (Å²) in [6, 6.07) is 8.61. The first kappa shape index (κ1) is 22.6. The van der Waals surface area contributed by atoms with Crippen LogP contribution in [0.25, 0.3) is 17.0 Å². The highest BCUT2D eigenvalue weighted by atomic mass is 19.1. The van der Waals surface area contributed by atoms with Gasteiger partial charge < -0.3 is 19.8 Å². The zero-order valence-corrected chi connectivity index (χ0v) is 20.6. The third kappa shape index (κ3) is 4.44. The van der Waals surface area contributed by atoms with Crippen molar-refractivity contribution in [3.63, 3.8) is 0 Å². The fraction of sp³-hybridized carbons (Fsp3) is 0.483. The number of carbonyl (C=O) groups excluding carboxylic acids is 1. The number of nitrogens with one attached hydrogen (secondary N) is 2. The number of aryl methyl sites for hydroxylation is 1. The minimum atomic E-state index is -0.0141. The van der Waals surface area contributed by atoms with Crippen molar-refractivity contribution in [3.05, 3.63) is 64.4 Å². The number of amides is 1. The molecule has 1 aliphatic carbocycles. The Kier molecular flexibility index (Phi) is 6.01. The number of likely N-dealkylation sites (tertiary alicyclic amines) is 2. The van der Waals surface area contributed by atoms with Crippen molar-refractivity contribution in [1.82, 2.24) is 19.8 Å². The van der Waals surface area contributed by atoms with Gasteiger partial charge in [0, 0.05) is 48.3 Å². The first-order chi connectivity index (χ1) is 17.0. The summed E-state index contributed by atoms with van der Waals surface area (Å²) >= 11 is 0. The van der Waals surface area contributed by atoms with Gasteiger partial charge in [-0.2, -0.15) is 0 Å². The van der Waals surface area contributed by atoms with Crippen LogP contribution in [0.15, 0.2) is 36.3 Å². The van der Waals surface area contributed by atoms with Crippen LogP contribution >= 0.6 is 0 Å². The van der Waals surface area contributed by atoms with Crippen molar-refractivity contribution >= 4 is 22.9 Å². The van der Waals surface area contributed by atoms with Gasteiger partial charge in [0.25, 0.3) is 5.91 Å². The lowest BCUT2D eigenvalue weighted by atomic mass is 9.86. The van der Waals surface area contributed by atoms with E-state index in [0.29, 0.717) is 24.1 Å². The second-order valence-electron chi connectivity index (χ2n) is 10.7. The molecule has 1 atom stereocenters. The molecule has 2 aliphatic heterocycles. The Morgan fingerprint density at radius 2 is 1.97 bits per heavy atom. The molecule has 2 N–H and O–H groups in total. The molecule has 5 nitrogen and oxygen atoms in total. The van der Waals surface area contributed by atoms with E-state index in [1.54, 1.807) is 6.08 Å². The highest BCUT2D eigenvalue weighted by molar-refractivity contribution is 5.98. The third-order valence-corrected chi connectivity index (χ3v) is 8.42. The quantitative estimate of drug-likeness (QED) is 0.481. The van der Waals surface area contributed by atoms with Crippen LogP contribution in [0, 0.1) is 6.92 Å². The van der Waals surface area contributed by atoms with Crippen molar-refractivity contribution < 1.29 is 9.18 Å². The summed E-state index contributed by atoms with van der Waals surface area (Å²) in [6.07, 6.45) is 10.7. The number of fused-ring (bicyclic) bond motifs is 2. The molecule has 2 aromatic heterocycles. The van der Waals surface area contributed by atoms with E-state index in [9.17, 15) is 9.18 Å². The topological polar surface area (TPSA) is 55.1 Å². The van der Waals surface area contributed by atoms with E-state index in [1.807, 2.05) is 6.07 Å². The van der Waals surface area contributed by atoms with Crippen molar-refractivity contribution in [2.75, 3.05) is 26.2 Å². The van der Waals surface area contributed by atoms with Crippen LogP contribution in [0.1, 0.15) is 77.3 Å². The van der Waals surface area contributed by atoms with Crippen LogP contribution in [0.5, 0.6) is 0 Å². The number of hydrogen-bond donors (Lipinski definition) is 2. The Balaban J connectivity index is 1.04. The van der Waals surface area contributed by atoms with Crippen molar-refractivity contribution in [2.45, 2.75) is 63.8 Å². The maximum Gasteiger partial charge on any atom is 0.270 e. The highest BCUT2D eigenvalue weighted by Gasteiger charge is 2.31. The normalized spacial score (nSPS) is 21.5. The average Bonchev–Trinajstić information content (AvgIpc) is 3.60. The maximum absolute atomic E-state index is 13.6. The Bertz CT molecular complexity index is 1260. The van der Waals surface area contributed by atoms with E-state index in [0.717, 1.165) is 81.3 Å². The van der Waals surface area contributed by atoms with Gasteiger partial charge in [-0.3, -0.25) is 4.79 Å². The first-order valence-electron chi connectivity index (χ1n) is 13.2. The maximum atomic E-state index is 13.6. The largest absolute Gasteiger partial charge is 0.361 e. The van der Waals surface area contributed by atoms with Crippen LogP contribution in [-0.2, 0) is 6.42 Å². The molecule has 3 aliphatic rings. The summed E-state index contributed by atoms with van der Waals surface area (Å²) in [7, 11) is 0. The molecule has 184 valence electrons. The molecule has 2 fully saturated rings. The predicted octanol–water partition coefficient (Wildman–Crippen LogP) is 5.94. The standard InChI is InChI=1S/C29H35FN4O/c1-19-4-5-21-16-28(32-26(21)15-19)29(35)34-11-2-3-23(34)10-14-33-12-8-20(9-13-33)25-18-31-27-17-22(30)6-7-24(25)27/h4-5,15-18,20,23,31-32H,2-3,6-14H2,1H3. The van der Waals surface area contributed by atoms with E-state index < -0.39 is 0 Å². The van der Waals surface area contributed by atoms with E-state index in [2.05, 4.69) is 51.1 Å². The van der Waals surface area contributed by atoms with Gasteiger partial charge in [0.1, 0.15) is 11.5 Å². The van der Waals surface area contributed by atoms with Crippen LogP contribution in [-0.4, -0.2) is 57.9 Å². The predicted molar refractivity (Wildman–Crippen MR) is 138 cm³/mol. The van der Waals surface area contributed by atoms with Gasteiger partial charge in [0.05, 0.1) is 0 Å². The van der Waals surface area contributed by atoms with Crippen LogP contribution < -0.4 is 0 Å². The number of carbonyl (C=O) groups is 1. The molecule has 4 heterocycles. The molecule has 2 saturated heterocycles. The van der Waals surface area contributed by atoms with Gasteiger partial charge >= 0.3 is 0 Å². The molecule has 1 aromatic carbocycles. The number of H-pyrrole nitrogens is 2. The Morgan fingerprint density at radius 3 is 2.83 bits per heavy atom. The summed E-state index contributed by atoms with van der Waals surface area (Å²) in [5.74, 6) is 0.693. The Morgan fingerprint density at radius 1 is 1.11 bits per heavy atom. The molecule has 1 unspecified atom stereocenters. The number of benzene rings is 1. The lowest BCUT2D eigenvalue weighted by Crippen LogP contribution is -2.40. The monoisotopic (exact) mass is 474 g/mol. The van der Waals surface area contributed by atoms with E-state index in [1.165, 1.54) is 16.7 Å². The molecular weight excluding hydrogens is 439 g/mol. The van der Waals surface area contributed by atoms with Crippen molar-refractivity contribution in [1.29, 1.82) is 0 Å². The fourth-order valence-electron chi connectivity index (χ4n) is 6.44. The zero-order valence-electron chi connectivity index (χ0n) is 20.6. The molecule has 35 heavy (non-hydrogen) atoms. The summed E-state index contributed by atoms with van der Waals surface area (Å²) in [5.41, 5.74) is 6.66. The van der Waals surface area contributed by atoms with Crippen molar-refractivity contribution in [2.24, 2.45) is 0 Å². The second-order valence-corrected chi connectivity index (χ2v) is 10.7. The van der Waals surface area contributed by atoms with Gasteiger partial charge in [-0.15, -0.1) is 0 Å². The first-order valence-corrected chi connectivity index (χ1v) is 13.2. The molecule has 6 heteroatoms. The summed E-state index contributed by atoms with van der Waals surface area (Å²) < 4.78 is 13.6. The number of rotatable bonds is 5. The molecular formula is C29H35FN4O. The number of aromatic nitrogens is 2. The number of halogens is 1. The van der Waals surface area contributed by atoms with Gasteiger partial charge in [0.2, 0.25) is 0 Å². The minimum absolute atomic E-state index is 0.0141. The molecule has 1 amide bonds. The molecule has 0 saturated carbocycles. The SMILES string of the molecule is Cc1ccc2cc(C(=O)N3CCCC3CCN3CCC(c4c[nH]c5c4CCC(F)=C5)CC3)[nH]c2c1. The van der Waals surface area contributed by atoms with Crippen LogP contribution in [0.2, 0.25) is 0 Å². The zero-order chi connectivity index (χ0) is 23.9. The highest BCUT2D eigenvalue weighted by Crippen LogP contribution is 2.36. The summed E-state index contributed by atoms with van der Waals surface area (Å²) in [4.78, 5) is 24.6. The fourth-order valence-corrected chi connectivity index (χ4v) is 6.44. The smallest absolute Gasteiger partial charge is 0.270 e. The van der Waals surface area contributed by atoms with E-state index in [4.69, 9.17) is 0 Å². The second kappa shape index (κ2) is 9.30. The molecule has 0 spiro atoms. The lowest BCUT2D eigenvalue weighted by Gasteiger charge is -2.34. The average molecular weight is 475 g/mol. The van der Waals surface area contributed by atoms with E-state index in [-0.39, 0.29) is 11.7 Å². The Labute approximate surface area is 206 Å². The number of hydrogen-bond acceptors (Lipinski definition) is 2.